The molecular formula is C10H10Cl2N2O2. The van der Waals surface area contributed by atoms with Gasteiger partial charge < -0.3 is 8.94 Å². The van der Waals surface area contributed by atoms with Crippen LogP contribution < -0.4 is 0 Å². The van der Waals surface area contributed by atoms with Crippen molar-refractivity contribution < 1.29 is 8.94 Å². The van der Waals surface area contributed by atoms with Gasteiger partial charge in [0.1, 0.15) is 0 Å². The summed E-state index contributed by atoms with van der Waals surface area (Å²) in [6, 6.07) is 1.67. The van der Waals surface area contributed by atoms with Crippen LogP contribution in [-0.2, 0) is 0 Å². The van der Waals surface area contributed by atoms with Crippen LogP contribution in [0.3, 0.4) is 0 Å². The molecule has 0 saturated heterocycles. The van der Waals surface area contributed by atoms with E-state index in [-0.39, 0.29) is 10.6 Å². The Morgan fingerprint density at radius 3 is 2.94 bits per heavy atom. The van der Waals surface area contributed by atoms with Crippen LogP contribution in [0, 0.1) is 0 Å². The van der Waals surface area contributed by atoms with Gasteiger partial charge in [0.15, 0.2) is 5.82 Å². The van der Waals surface area contributed by atoms with Crippen molar-refractivity contribution in [3.8, 4) is 11.5 Å². The quantitative estimate of drug-likeness (QED) is 0.778. The Morgan fingerprint density at radius 1 is 1.50 bits per heavy atom. The number of furan rings is 1. The predicted molar refractivity (Wildman–Crippen MR) is 60.5 cm³/mol. The first-order valence-electron chi connectivity index (χ1n) is 4.93. The number of hydrogen-bond acceptors (Lipinski definition) is 4. The van der Waals surface area contributed by atoms with Crippen molar-refractivity contribution >= 4 is 23.2 Å². The first-order chi connectivity index (χ1) is 7.72. The molecule has 0 aliphatic carbocycles. The maximum absolute atomic E-state index is 6.08. The van der Waals surface area contributed by atoms with Crippen LogP contribution in [0.15, 0.2) is 21.3 Å². The summed E-state index contributed by atoms with van der Waals surface area (Å²) in [6.45, 7) is 2.04. The topological polar surface area (TPSA) is 52.1 Å². The highest BCUT2D eigenvalue weighted by atomic mass is 35.5. The molecule has 0 aliphatic heterocycles. The van der Waals surface area contributed by atoms with E-state index in [0.29, 0.717) is 17.3 Å². The van der Waals surface area contributed by atoms with Crippen LogP contribution in [0.2, 0.25) is 5.22 Å². The van der Waals surface area contributed by atoms with Gasteiger partial charge in [0, 0.05) is 0 Å². The Balaban J connectivity index is 2.23. The molecule has 4 nitrogen and oxygen atoms in total. The largest absolute Gasteiger partial charge is 0.452 e. The minimum atomic E-state index is -0.229. The van der Waals surface area contributed by atoms with E-state index in [4.69, 9.17) is 32.1 Å². The number of alkyl halides is 1. The van der Waals surface area contributed by atoms with Crippen LogP contribution in [0.25, 0.3) is 11.5 Å². The van der Waals surface area contributed by atoms with E-state index in [2.05, 4.69) is 10.1 Å². The zero-order valence-corrected chi connectivity index (χ0v) is 10.1. The summed E-state index contributed by atoms with van der Waals surface area (Å²) in [6.07, 6.45) is 3.23. The average molecular weight is 261 g/mol. The molecule has 86 valence electrons. The van der Waals surface area contributed by atoms with Crippen LogP contribution in [0.1, 0.15) is 31.0 Å². The highest BCUT2D eigenvalue weighted by molar-refractivity contribution is 6.31. The third-order valence-corrected chi connectivity index (χ3v) is 2.82. The second kappa shape index (κ2) is 4.89. The van der Waals surface area contributed by atoms with Crippen LogP contribution in [0.5, 0.6) is 0 Å². The molecule has 16 heavy (non-hydrogen) atoms. The van der Waals surface area contributed by atoms with Gasteiger partial charge in [0.25, 0.3) is 5.89 Å². The third kappa shape index (κ3) is 2.23. The Kier molecular flexibility index (Phi) is 3.51. The van der Waals surface area contributed by atoms with Crippen molar-refractivity contribution in [2.45, 2.75) is 25.1 Å². The number of halogens is 2. The molecule has 2 aromatic rings. The summed E-state index contributed by atoms with van der Waals surface area (Å²) >= 11 is 11.9. The lowest BCUT2D eigenvalue weighted by molar-refractivity contribution is 0.420. The van der Waals surface area contributed by atoms with Crippen LogP contribution >= 0.6 is 23.2 Å². The second-order valence-electron chi connectivity index (χ2n) is 3.32. The van der Waals surface area contributed by atoms with E-state index in [0.717, 1.165) is 12.8 Å². The second-order valence-corrected chi connectivity index (χ2v) is 4.19. The van der Waals surface area contributed by atoms with E-state index in [9.17, 15) is 0 Å². The summed E-state index contributed by atoms with van der Waals surface area (Å²) in [5.41, 5.74) is 0.584. The van der Waals surface area contributed by atoms with E-state index >= 15 is 0 Å². The minimum Gasteiger partial charge on any atom is -0.452 e. The molecule has 0 radical (unpaired) electrons. The lowest BCUT2D eigenvalue weighted by Crippen LogP contribution is -1.92. The van der Waals surface area contributed by atoms with Gasteiger partial charge in [-0.25, -0.2) is 0 Å². The lowest BCUT2D eigenvalue weighted by Gasteiger charge is -1.99. The molecule has 1 unspecified atom stereocenters. The summed E-state index contributed by atoms with van der Waals surface area (Å²) in [5, 5.41) is 3.82. The number of hydrogen-bond donors (Lipinski definition) is 0. The fourth-order valence-corrected chi connectivity index (χ4v) is 1.80. The summed E-state index contributed by atoms with van der Waals surface area (Å²) < 4.78 is 10.0. The van der Waals surface area contributed by atoms with Crippen molar-refractivity contribution in [3.63, 3.8) is 0 Å². The van der Waals surface area contributed by atoms with Crippen molar-refractivity contribution in [2.75, 3.05) is 0 Å². The predicted octanol–water partition coefficient (Wildman–Crippen LogP) is 4.06. The molecule has 0 fully saturated rings. The Hall–Kier alpha value is -1.000. The fourth-order valence-electron chi connectivity index (χ4n) is 1.30. The van der Waals surface area contributed by atoms with Gasteiger partial charge in [-0.05, 0) is 24.1 Å². The molecule has 2 aromatic heterocycles. The van der Waals surface area contributed by atoms with Gasteiger partial charge in [-0.1, -0.05) is 18.5 Å². The fraction of sp³-hybridized carbons (Fsp3) is 0.400. The molecule has 0 aromatic carbocycles. The normalized spacial score (nSPS) is 12.9. The van der Waals surface area contributed by atoms with Gasteiger partial charge in [-0.3, -0.25) is 0 Å². The zero-order chi connectivity index (χ0) is 11.5. The summed E-state index contributed by atoms with van der Waals surface area (Å²) in [5.74, 6) is 0.811. The van der Waals surface area contributed by atoms with E-state index in [1.54, 1.807) is 6.07 Å². The van der Waals surface area contributed by atoms with Crippen molar-refractivity contribution in [1.29, 1.82) is 0 Å². The molecular weight excluding hydrogens is 251 g/mol. The van der Waals surface area contributed by atoms with E-state index in [1.807, 2.05) is 6.92 Å². The first-order valence-corrected chi connectivity index (χ1v) is 5.74. The molecule has 6 heteroatoms. The van der Waals surface area contributed by atoms with E-state index < -0.39 is 0 Å². The molecule has 2 heterocycles. The Morgan fingerprint density at radius 2 is 2.31 bits per heavy atom. The maximum atomic E-state index is 6.08. The minimum absolute atomic E-state index is 0.229. The van der Waals surface area contributed by atoms with Gasteiger partial charge >= 0.3 is 0 Å². The molecule has 0 bridgehead atoms. The van der Waals surface area contributed by atoms with Crippen molar-refractivity contribution in [2.24, 2.45) is 0 Å². The molecule has 0 saturated carbocycles. The standard InChI is InChI=1S/C10H10Cl2N2O2/c1-2-3-7(11)9-13-10(16-14-9)6-4-5-15-8(6)12/h4-5,7H,2-3H2,1H3. The van der Waals surface area contributed by atoms with Gasteiger partial charge in [-0.2, -0.15) is 4.98 Å². The zero-order valence-electron chi connectivity index (χ0n) is 8.61. The lowest BCUT2D eigenvalue weighted by atomic mass is 10.2. The van der Waals surface area contributed by atoms with Crippen molar-refractivity contribution in [1.82, 2.24) is 10.1 Å². The first kappa shape index (κ1) is 11.5. The number of aromatic nitrogens is 2. The summed E-state index contributed by atoms with van der Waals surface area (Å²) in [7, 11) is 0. The van der Waals surface area contributed by atoms with Gasteiger partial charge in [0.05, 0.1) is 17.2 Å². The third-order valence-electron chi connectivity index (χ3n) is 2.11. The van der Waals surface area contributed by atoms with Crippen LogP contribution in [0.4, 0.5) is 0 Å². The molecule has 0 N–H and O–H groups in total. The number of nitrogens with zero attached hydrogens (tertiary/aromatic N) is 2. The smallest absolute Gasteiger partial charge is 0.262 e. The average Bonchev–Trinajstić information content (AvgIpc) is 2.86. The SMILES string of the molecule is CCCC(Cl)c1noc(-c2ccoc2Cl)n1. The molecule has 0 spiro atoms. The van der Waals surface area contributed by atoms with E-state index in [1.165, 1.54) is 6.26 Å². The monoisotopic (exact) mass is 260 g/mol. The van der Waals surface area contributed by atoms with Gasteiger partial charge in [-0.15, -0.1) is 11.6 Å². The molecule has 0 amide bonds. The highest BCUT2D eigenvalue weighted by Crippen LogP contribution is 2.30. The Bertz CT molecular complexity index is 467. The number of rotatable bonds is 4. The summed E-state index contributed by atoms with van der Waals surface area (Å²) in [4.78, 5) is 4.18. The van der Waals surface area contributed by atoms with Crippen molar-refractivity contribution in [3.05, 3.63) is 23.4 Å². The van der Waals surface area contributed by atoms with Gasteiger partial charge in [0.2, 0.25) is 5.22 Å². The molecule has 1 atom stereocenters. The highest BCUT2D eigenvalue weighted by Gasteiger charge is 2.18. The Labute approximate surface area is 103 Å². The molecule has 0 aliphatic rings. The maximum Gasteiger partial charge on any atom is 0.262 e. The molecule has 2 rings (SSSR count). The van der Waals surface area contributed by atoms with Crippen LogP contribution in [-0.4, -0.2) is 10.1 Å².